The van der Waals surface area contributed by atoms with E-state index in [0.29, 0.717) is 17.4 Å². The third-order valence-corrected chi connectivity index (χ3v) is 14.3. The van der Waals surface area contributed by atoms with E-state index >= 15 is 0 Å². The summed E-state index contributed by atoms with van der Waals surface area (Å²) in [6.07, 6.45) is 65.3. The molecule has 0 aliphatic rings. The van der Waals surface area contributed by atoms with Gasteiger partial charge in [-0.05, 0) is 57.8 Å². The second-order valence-corrected chi connectivity index (χ2v) is 22.8. The number of aliphatic hydroxyl groups is 1. The van der Waals surface area contributed by atoms with Crippen molar-refractivity contribution in [1.29, 1.82) is 0 Å². The number of nitrogens with one attached hydrogen (secondary N) is 1. The fourth-order valence-electron chi connectivity index (χ4n) is 8.70. The van der Waals surface area contributed by atoms with Gasteiger partial charge in [0.25, 0.3) is 7.82 Å². The van der Waals surface area contributed by atoms with Crippen molar-refractivity contribution in [3.05, 3.63) is 36.5 Å². The second kappa shape index (κ2) is 50.7. The highest BCUT2D eigenvalue weighted by molar-refractivity contribution is 7.45. The molecule has 0 heterocycles. The number of nitrogens with zero attached hydrogens (tertiary/aromatic N) is 1. The molecule has 0 radical (unpaired) electrons. The number of hydrogen-bond acceptors (Lipinski definition) is 6. The summed E-state index contributed by atoms with van der Waals surface area (Å²) in [7, 11) is 1.25. The summed E-state index contributed by atoms with van der Waals surface area (Å²) in [6.45, 7) is 4.65. The molecular weight excluding hydrogens is 864 g/mol. The van der Waals surface area contributed by atoms with Gasteiger partial charge in [-0.3, -0.25) is 9.36 Å². The molecule has 3 atom stereocenters. The van der Waals surface area contributed by atoms with Crippen molar-refractivity contribution in [3.63, 3.8) is 0 Å². The molecule has 0 aliphatic carbocycles. The van der Waals surface area contributed by atoms with Crippen LogP contribution in [-0.2, 0) is 18.4 Å². The lowest BCUT2D eigenvalue weighted by molar-refractivity contribution is -0.870. The Kier molecular flexibility index (Phi) is 49.7. The minimum Gasteiger partial charge on any atom is -0.756 e. The SMILES string of the molecule is CCCCCCCCCC/C=C/CC/C=C/C(O)C(COP(=O)([O-])OCC[N+](C)(C)C)NC(=O)CCCCCCCCCCCCCCCCCC/C=C\CCCCCCCCCCCCCC. The number of carbonyl (C=O) groups excluding carboxylic acids is 1. The van der Waals surface area contributed by atoms with Crippen LogP contribution in [0.1, 0.15) is 284 Å². The van der Waals surface area contributed by atoms with E-state index in [2.05, 4.69) is 43.5 Å². The van der Waals surface area contributed by atoms with Crippen LogP contribution in [0.2, 0.25) is 0 Å². The molecule has 0 saturated carbocycles. The molecule has 0 aliphatic heterocycles. The van der Waals surface area contributed by atoms with Crippen molar-refractivity contribution in [1.82, 2.24) is 5.32 Å². The van der Waals surface area contributed by atoms with Crippen molar-refractivity contribution >= 4 is 13.7 Å². The Labute approximate surface area is 423 Å². The summed E-state index contributed by atoms with van der Waals surface area (Å²) in [5, 5.41) is 13.8. The first kappa shape index (κ1) is 66.7. The maximum Gasteiger partial charge on any atom is 0.268 e. The molecule has 1 amide bonds. The van der Waals surface area contributed by atoms with Gasteiger partial charge in [0, 0.05) is 6.42 Å². The third kappa shape index (κ3) is 52.5. The number of allylic oxidation sites excluding steroid dienone is 5. The number of unbranched alkanes of at least 4 members (excludes halogenated alkanes) is 37. The van der Waals surface area contributed by atoms with E-state index in [1.54, 1.807) is 6.08 Å². The highest BCUT2D eigenvalue weighted by Gasteiger charge is 2.23. The molecular formula is C59H115N2O6P. The Morgan fingerprint density at radius 1 is 0.500 bits per heavy atom. The third-order valence-electron chi connectivity index (χ3n) is 13.3. The van der Waals surface area contributed by atoms with Gasteiger partial charge in [-0.25, -0.2) is 0 Å². The van der Waals surface area contributed by atoms with Crippen molar-refractivity contribution in [3.8, 4) is 0 Å². The van der Waals surface area contributed by atoms with E-state index in [-0.39, 0.29) is 12.5 Å². The lowest BCUT2D eigenvalue weighted by Gasteiger charge is -2.29. The summed E-state index contributed by atoms with van der Waals surface area (Å²) in [4.78, 5) is 25.4. The number of phosphoric ester groups is 1. The van der Waals surface area contributed by atoms with Gasteiger partial charge in [-0.15, -0.1) is 0 Å². The fourth-order valence-corrected chi connectivity index (χ4v) is 9.42. The van der Waals surface area contributed by atoms with E-state index in [1.807, 2.05) is 27.2 Å². The second-order valence-electron chi connectivity index (χ2n) is 21.3. The Bertz CT molecular complexity index is 1200. The van der Waals surface area contributed by atoms with Gasteiger partial charge in [-0.2, -0.15) is 0 Å². The van der Waals surface area contributed by atoms with Crippen molar-refractivity contribution in [2.24, 2.45) is 0 Å². The molecule has 0 fully saturated rings. The molecule has 0 bridgehead atoms. The van der Waals surface area contributed by atoms with Gasteiger partial charge >= 0.3 is 0 Å². The molecule has 0 aromatic heterocycles. The molecule has 8 nitrogen and oxygen atoms in total. The number of amides is 1. The summed E-state index contributed by atoms with van der Waals surface area (Å²) in [5.74, 6) is -0.204. The zero-order chi connectivity index (χ0) is 49.9. The Morgan fingerprint density at radius 3 is 1.19 bits per heavy atom. The first-order chi connectivity index (χ1) is 33.0. The van der Waals surface area contributed by atoms with Gasteiger partial charge in [0.1, 0.15) is 13.2 Å². The first-order valence-electron chi connectivity index (χ1n) is 29.4. The van der Waals surface area contributed by atoms with E-state index < -0.39 is 26.6 Å². The lowest BCUT2D eigenvalue weighted by Crippen LogP contribution is -2.45. The van der Waals surface area contributed by atoms with E-state index in [0.717, 1.165) is 38.5 Å². The van der Waals surface area contributed by atoms with Crippen LogP contribution in [0.3, 0.4) is 0 Å². The zero-order valence-corrected chi connectivity index (χ0v) is 46.7. The Morgan fingerprint density at radius 2 is 0.824 bits per heavy atom. The normalized spacial score (nSPS) is 14.2. The number of hydrogen-bond donors (Lipinski definition) is 2. The van der Waals surface area contributed by atoms with Crippen LogP contribution >= 0.6 is 7.82 Å². The average Bonchev–Trinajstić information content (AvgIpc) is 3.30. The van der Waals surface area contributed by atoms with Crippen molar-refractivity contribution in [2.45, 2.75) is 296 Å². The van der Waals surface area contributed by atoms with Crippen LogP contribution in [0, 0.1) is 0 Å². The molecule has 9 heteroatoms. The van der Waals surface area contributed by atoms with E-state index in [9.17, 15) is 19.4 Å². The van der Waals surface area contributed by atoms with Gasteiger partial charge in [0.05, 0.1) is 39.9 Å². The number of carbonyl (C=O) groups is 1. The summed E-state index contributed by atoms with van der Waals surface area (Å²) < 4.78 is 23.3. The standard InChI is InChI=1S/C59H115N2O6P/c1-6-8-10-12-14-16-18-20-22-23-24-25-26-27-28-29-30-31-32-33-34-35-36-37-38-39-41-43-45-47-49-51-53-59(63)60-57(56-67-68(64,65)66-55-54-61(3,4)5)58(62)52-50-48-46-44-42-40-21-19-17-15-13-11-9-7-2/h27-28,42,44,50,52,57-58,62H,6-26,29-41,43,45-49,51,53-56H2,1-5H3,(H-,60,63,64,65)/b28-27-,44-42+,52-50+. The topological polar surface area (TPSA) is 108 Å². The molecule has 3 unspecified atom stereocenters. The first-order valence-corrected chi connectivity index (χ1v) is 30.8. The summed E-state index contributed by atoms with van der Waals surface area (Å²) in [6, 6.07) is -0.901. The Balaban J connectivity index is 4.04. The lowest BCUT2D eigenvalue weighted by atomic mass is 10.0. The number of aliphatic hydroxyl groups excluding tert-OH is 1. The van der Waals surface area contributed by atoms with E-state index in [4.69, 9.17) is 9.05 Å². The van der Waals surface area contributed by atoms with Crippen LogP contribution in [0.25, 0.3) is 0 Å². The molecule has 68 heavy (non-hydrogen) atoms. The largest absolute Gasteiger partial charge is 0.756 e. The van der Waals surface area contributed by atoms with Gasteiger partial charge in [0.2, 0.25) is 5.91 Å². The summed E-state index contributed by atoms with van der Waals surface area (Å²) >= 11 is 0. The minimum atomic E-state index is -4.60. The molecule has 2 N–H and O–H groups in total. The van der Waals surface area contributed by atoms with Crippen LogP contribution in [0.4, 0.5) is 0 Å². The Hall–Kier alpha value is -1.28. The van der Waals surface area contributed by atoms with Gasteiger partial charge in [-0.1, -0.05) is 256 Å². The smallest absolute Gasteiger partial charge is 0.268 e. The van der Waals surface area contributed by atoms with Crippen molar-refractivity contribution in [2.75, 3.05) is 40.9 Å². The number of rotatable bonds is 54. The molecule has 0 aromatic carbocycles. The molecule has 0 spiro atoms. The maximum absolute atomic E-state index is 12.9. The zero-order valence-electron chi connectivity index (χ0n) is 45.8. The molecule has 0 saturated heterocycles. The van der Waals surface area contributed by atoms with E-state index in [1.165, 1.54) is 225 Å². The fraction of sp³-hybridized carbons (Fsp3) is 0.881. The van der Waals surface area contributed by atoms with Gasteiger partial charge in [0.15, 0.2) is 0 Å². The van der Waals surface area contributed by atoms with Crippen LogP contribution in [0.15, 0.2) is 36.5 Å². The highest BCUT2D eigenvalue weighted by atomic mass is 31.2. The van der Waals surface area contributed by atoms with Crippen LogP contribution in [-0.4, -0.2) is 68.5 Å². The highest BCUT2D eigenvalue weighted by Crippen LogP contribution is 2.38. The predicted molar refractivity (Wildman–Crippen MR) is 293 cm³/mol. The quantitative estimate of drug-likeness (QED) is 0.0272. The van der Waals surface area contributed by atoms with Crippen LogP contribution < -0.4 is 10.2 Å². The maximum atomic E-state index is 12.9. The monoisotopic (exact) mass is 979 g/mol. The van der Waals surface area contributed by atoms with Crippen LogP contribution in [0.5, 0.6) is 0 Å². The number of likely N-dealkylation sites (N-methyl/N-ethyl adjacent to an activating group) is 1. The molecule has 402 valence electrons. The summed E-state index contributed by atoms with van der Waals surface area (Å²) in [5.41, 5.74) is 0. The number of phosphoric acid groups is 1. The molecule has 0 aromatic rings. The van der Waals surface area contributed by atoms with Crippen molar-refractivity contribution < 1.29 is 32.9 Å². The molecule has 0 rings (SSSR count). The average molecular weight is 980 g/mol. The van der Waals surface area contributed by atoms with Gasteiger partial charge < -0.3 is 28.8 Å². The number of quaternary nitrogens is 1. The predicted octanol–water partition coefficient (Wildman–Crippen LogP) is 17.1. The minimum absolute atomic E-state index is 0.00525.